The summed E-state index contributed by atoms with van der Waals surface area (Å²) in [4.78, 5) is 22.0. The second-order valence-corrected chi connectivity index (χ2v) is 5.10. The van der Waals surface area contributed by atoms with Gasteiger partial charge in [0.2, 0.25) is 0 Å². The summed E-state index contributed by atoms with van der Waals surface area (Å²) in [5.74, 6) is -1.03. The molecule has 1 atom stereocenters. The van der Waals surface area contributed by atoms with Gasteiger partial charge in [-0.3, -0.25) is 14.9 Å². The van der Waals surface area contributed by atoms with Gasteiger partial charge in [0.05, 0.1) is 16.6 Å². The Morgan fingerprint density at radius 2 is 2.20 bits per heavy atom. The Morgan fingerprint density at radius 1 is 1.55 bits per heavy atom. The van der Waals surface area contributed by atoms with Crippen molar-refractivity contribution in [2.24, 2.45) is 5.92 Å². The van der Waals surface area contributed by atoms with Crippen molar-refractivity contribution in [1.82, 2.24) is 5.32 Å². The van der Waals surface area contributed by atoms with Crippen molar-refractivity contribution in [3.63, 3.8) is 0 Å². The average molecular weight is 281 g/mol. The number of nitro groups is 1. The minimum atomic E-state index is -0.854. The molecule has 0 aromatic heterocycles. The molecule has 0 radical (unpaired) electrons. The van der Waals surface area contributed by atoms with Crippen molar-refractivity contribution in [2.45, 2.75) is 32.2 Å². The van der Waals surface area contributed by atoms with Crippen molar-refractivity contribution in [2.75, 3.05) is 5.73 Å². The number of anilines is 1. The molecule has 1 aliphatic carbocycles. The topological polar surface area (TPSA) is 98.3 Å². The molecule has 0 bridgehead atoms. The molecule has 0 heterocycles. The van der Waals surface area contributed by atoms with Gasteiger partial charge in [-0.15, -0.1) is 0 Å². The van der Waals surface area contributed by atoms with Crippen LogP contribution in [0.15, 0.2) is 12.1 Å². The molecule has 6 nitrogen and oxygen atoms in total. The van der Waals surface area contributed by atoms with E-state index in [1.54, 1.807) is 0 Å². The van der Waals surface area contributed by atoms with Crippen molar-refractivity contribution in [1.29, 1.82) is 0 Å². The summed E-state index contributed by atoms with van der Waals surface area (Å²) in [5.41, 5.74) is 4.49. The summed E-state index contributed by atoms with van der Waals surface area (Å²) < 4.78 is 13.4. The first-order chi connectivity index (χ1) is 9.40. The van der Waals surface area contributed by atoms with Crippen LogP contribution in [-0.4, -0.2) is 16.9 Å². The van der Waals surface area contributed by atoms with E-state index < -0.39 is 22.3 Å². The van der Waals surface area contributed by atoms with Crippen LogP contribution in [0.1, 0.15) is 36.5 Å². The van der Waals surface area contributed by atoms with Crippen molar-refractivity contribution in [3.05, 3.63) is 33.6 Å². The molecule has 0 saturated heterocycles. The van der Waals surface area contributed by atoms with Gasteiger partial charge >= 0.3 is 0 Å². The quantitative estimate of drug-likeness (QED) is 0.502. The zero-order valence-corrected chi connectivity index (χ0v) is 11.1. The fourth-order valence-corrected chi connectivity index (χ4v) is 2.28. The molecular formula is C13H16FN3O3. The molecule has 1 fully saturated rings. The highest BCUT2D eigenvalue weighted by Crippen LogP contribution is 2.30. The number of carbonyl (C=O) groups is 1. The minimum absolute atomic E-state index is 0.0574. The van der Waals surface area contributed by atoms with Gasteiger partial charge in [0, 0.05) is 6.04 Å². The number of nitrogen functional groups attached to an aromatic ring is 1. The summed E-state index contributed by atoms with van der Waals surface area (Å²) >= 11 is 0. The number of hydrogen-bond donors (Lipinski definition) is 2. The van der Waals surface area contributed by atoms with Crippen LogP contribution in [0.3, 0.4) is 0 Å². The van der Waals surface area contributed by atoms with Gasteiger partial charge in [-0.2, -0.15) is 0 Å². The number of hydrogen-bond acceptors (Lipinski definition) is 4. The molecule has 0 spiro atoms. The molecule has 108 valence electrons. The number of amides is 1. The molecule has 1 aromatic rings. The molecular weight excluding hydrogens is 265 g/mol. The maximum atomic E-state index is 13.4. The van der Waals surface area contributed by atoms with Crippen LogP contribution in [0.25, 0.3) is 0 Å². The number of nitro benzene ring substituents is 1. The molecule has 1 saturated carbocycles. The predicted molar refractivity (Wildman–Crippen MR) is 71.7 cm³/mol. The summed E-state index contributed by atoms with van der Waals surface area (Å²) in [7, 11) is 0. The smallest absolute Gasteiger partial charge is 0.295 e. The molecule has 2 rings (SSSR count). The number of benzene rings is 1. The van der Waals surface area contributed by atoms with E-state index in [2.05, 4.69) is 5.32 Å². The second kappa shape index (κ2) is 5.44. The minimum Gasteiger partial charge on any atom is -0.393 e. The SMILES string of the molecule is CC(NC(=O)c1cc(F)cc([N+](=O)[O-])c1N)C1CCC1. The molecule has 0 aliphatic heterocycles. The highest BCUT2D eigenvalue weighted by molar-refractivity contribution is 6.01. The lowest BCUT2D eigenvalue weighted by Gasteiger charge is -2.31. The Bertz CT molecular complexity index is 558. The molecule has 1 amide bonds. The number of nitrogens with zero attached hydrogens (tertiary/aromatic N) is 1. The van der Waals surface area contributed by atoms with Crippen LogP contribution in [0.5, 0.6) is 0 Å². The molecule has 1 aromatic carbocycles. The molecule has 20 heavy (non-hydrogen) atoms. The first-order valence-corrected chi connectivity index (χ1v) is 6.44. The first kappa shape index (κ1) is 14.2. The zero-order chi connectivity index (χ0) is 14.9. The van der Waals surface area contributed by atoms with Crippen molar-refractivity contribution < 1.29 is 14.1 Å². The second-order valence-electron chi connectivity index (χ2n) is 5.10. The monoisotopic (exact) mass is 281 g/mol. The van der Waals surface area contributed by atoms with Crippen LogP contribution in [0.4, 0.5) is 15.8 Å². The van der Waals surface area contributed by atoms with Crippen LogP contribution < -0.4 is 11.1 Å². The van der Waals surface area contributed by atoms with Crippen LogP contribution in [0, 0.1) is 21.8 Å². The van der Waals surface area contributed by atoms with E-state index in [0.29, 0.717) is 12.0 Å². The third kappa shape index (κ3) is 2.71. The molecule has 1 aliphatic rings. The van der Waals surface area contributed by atoms with E-state index in [1.807, 2.05) is 6.92 Å². The lowest BCUT2D eigenvalue weighted by Crippen LogP contribution is -2.41. The maximum absolute atomic E-state index is 13.4. The van der Waals surface area contributed by atoms with E-state index in [9.17, 15) is 19.3 Å². The summed E-state index contributed by atoms with van der Waals surface area (Å²) in [6.07, 6.45) is 3.22. The van der Waals surface area contributed by atoms with Crippen molar-refractivity contribution >= 4 is 17.3 Å². The van der Waals surface area contributed by atoms with Crippen LogP contribution in [-0.2, 0) is 0 Å². The Kier molecular flexibility index (Phi) is 3.87. The number of halogens is 1. The van der Waals surface area contributed by atoms with Gasteiger partial charge in [-0.05, 0) is 31.7 Å². The van der Waals surface area contributed by atoms with Gasteiger partial charge in [0.1, 0.15) is 11.5 Å². The fraction of sp³-hybridized carbons (Fsp3) is 0.462. The van der Waals surface area contributed by atoms with Gasteiger partial charge in [-0.1, -0.05) is 6.42 Å². The predicted octanol–water partition coefficient (Wildman–Crippen LogP) is 2.23. The Morgan fingerprint density at radius 3 is 2.70 bits per heavy atom. The van der Waals surface area contributed by atoms with Gasteiger partial charge in [0.25, 0.3) is 11.6 Å². The number of nitrogens with two attached hydrogens (primary N) is 1. The Hall–Kier alpha value is -2.18. The summed E-state index contributed by atoms with van der Waals surface area (Å²) in [5, 5.41) is 13.5. The van der Waals surface area contributed by atoms with E-state index in [-0.39, 0.29) is 17.3 Å². The largest absolute Gasteiger partial charge is 0.393 e. The van der Waals surface area contributed by atoms with Crippen LogP contribution >= 0.6 is 0 Å². The highest BCUT2D eigenvalue weighted by atomic mass is 19.1. The van der Waals surface area contributed by atoms with Gasteiger partial charge in [-0.25, -0.2) is 4.39 Å². The van der Waals surface area contributed by atoms with Gasteiger partial charge in [0.15, 0.2) is 0 Å². The van der Waals surface area contributed by atoms with Gasteiger partial charge < -0.3 is 11.1 Å². The normalized spacial score (nSPS) is 16.3. The fourth-order valence-electron chi connectivity index (χ4n) is 2.28. The van der Waals surface area contributed by atoms with E-state index in [0.717, 1.165) is 25.3 Å². The van der Waals surface area contributed by atoms with Crippen LogP contribution in [0.2, 0.25) is 0 Å². The number of rotatable bonds is 4. The molecule has 1 unspecified atom stereocenters. The third-order valence-electron chi connectivity index (χ3n) is 3.78. The third-order valence-corrected chi connectivity index (χ3v) is 3.78. The first-order valence-electron chi connectivity index (χ1n) is 6.44. The highest BCUT2D eigenvalue weighted by Gasteiger charge is 2.27. The lowest BCUT2D eigenvalue weighted by atomic mass is 9.80. The van der Waals surface area contributed by atoms with E-state index in [4.69, 9.17) is 5.73 Å². The summed E-state index contributed by atoms with van der Waals surface area (Å²) in [6.45, 7) is 1.87. The standard InChI is InChI=1S/C13H16FN3O3/c1-7(8-3-2-4-8)16-13(18)10-5-9(14)6-11(12(10)15)17(19)20/h5-8H,2-4,15H2,1H3,(H,16,18). The van der Waals surface area contributed by atoms with E-state index >= 15 is 0 Å². The Labute approximate surface area is 115 Å². The number of nitrogens with one attached hydrogen (secondary N) is 1. The molecule has 7 heteroatoms. The lowest BCUT2D eigenvalue weighted by molar-refractivity contribution is -0.384. The average Bonchev–Trinajstić information content (AvgIpc) is 2.28. The zero-order valence-electron chi connectivity index (χ0n) is 11.1. The molecule has 3 N–H and O–H groups in total. The summed E-state index contributed by atoms with van der Waals surface area (Å²) in [6, 6.07) is 1.57. The number of carbonyl (C=O) groups excluding carboxylic acids is 1. The Balaban J connectivity index is 2.22. The maximum Gasteiger partial charge on any atom is 0.295 e. The van der Waals surface area contributed by atoms with E-state index in [1.165, 1.54) is 0 Å². The van der Waals surface area contributed by atoms with Crippen molar-refractivity contribution in [3.8, 4) is 0 Å².